The molecule has 1 aromatic carbocycles. The first-order valence-corrected chi connectivity index (χ1v) is 4.79. The standard InChI is InChI=1S/C10H15BO4/c1-7(2)14-9-6-4-5-8(3)10(9)15-11(12)13/h4-7,12-13H,1-3H3. The monoisotopic (exact) mass is 210 g/mol. The van der Waals surface area contributed by atoms with Crippen LogP contribution in [0.2, 0.25) is 0 Å². The molecule has 1 rings (SSSR count). The average molecular weight is 210 g/mol. The van der Waals surface area contributed by atoms with Gasteiger partial charge in [-0.2, -0.15) is 0 Å². The Balaban J connectivity index is 2.97. The largest absolute Gasteiger partial charge is 0.707 e. The second-order valence-corrected chi connectivity index (χ2v) is 3.51. The fraction of sp³-hybridized carbons (Fsp3) is 0.400. The first-order valence-electron chi connectivity index (χ1n) is 4.79. The van der Waals surface area contributed by atoms with Crippen molar-refractivity contribution in [2.24, 2.45) is 0 Å². The van der Waals surface area contributed by atoms with Gasteiger partial charge in [-0.1, -0.05) is 12.1 Å². The zero-order chi connectivity index (χ0) is 11.4. The minimum atomic E-state index is -1.83. The highest BCUT2D eigenvalue weighted by atomic mass is 16.6. The van der Waals surface area contributed by atoms with E-state index in [1.807, 2.05) is 32.9 Å². The smallest absolute Gasteiger partial charge is 0.509 e. The van der Waals surface area contributed by atoms with Gasteiger partial charge in [0.15, 0.2) is 5.75 Å². The molecule has 0 heterocycles. The Morgan fingerprint density at radius 1 is 1.27 bits per heavy atom. The van der Waals surface area contributed by atoms with Crippen LogP contribution in [0.4, 0.5) is 0 Å². The number of ether oxygens (including phenoxy) is 1. The van der Waals surface area contributed by atoms with Crippen molar-refractivity contribution in [1.29, 1.82) is 0 Å². The van der Waals surface area contributed by atoms with Gasteiger partial charge in [0.1, 0.15) is 5.75 Å². The summed E-state index contributed by atoms with van der Waals surface area (Å²) in [6, 6.07) is 5.36. The Kier molecular flexibility index (Phi) is 4.00. The second-order valence-electron chi connectivity index (χ2n) is 3.51. The van der Waals surface area contributed by atoms with Gasteiger partial charge in [0.2, 0.25) is 0 Å². The molecule has 0 aliphatic rings. The van der Waals surface area contributed by atoms with E-state index >= 15 is 0 Å². The van der Waals surface area contributed by atoms with Crippen LogP contribution >= 0.6 is 0 Å². The maximum Gasteiger partial charge on any atom is 0.707 e. The highest BCUT2D eigenvalue weighted by molar-refractivity contribution is 6.33. The van der Waals surface area contributed by atoms with Crippen LogP contribution in [-0.4, -0.2) is 23.5 Å². The molecule has 0 amide bonds. The van der Waals surface area contributed by atoms with E-state index in [1.54, 1.807) is 6.07 Å². The van der Waals surface area contributed by atoms with Crippen molar-refractivity contribution in [2.75, 3.05) is 0 Å². The number of benzene rings is 1. The van der Waals surface area contributed by atoms with Gasteiger partial charge in [0.05, 0.1) is 6.10 Å². The van der Waals surface area contributed by atoms with Gasteiger partial charge in [-0.05, 0) is 32.4 Å². The van der Waals surface area contributed by atoms with Crippen LogP contribution in [-0.2, 0) is 0 Å². The van der Waals surface area contributed by atoms with Gasteiger partial charge in [0, 0.05) is 0 Å². The molecular weight excluding hydrogens is 195 g/mol. The summed E-state index contributed by atoms with van der Waals surface area (Å²) < 4.78 is 10.3. The normalized spacial score (nSPS) is 10.3. The average Bonchev–Trinajstić information content (AvgIpc) is 2.09. The van der Waals surface area contributed by atoms with Crippen LogP contribution in [0, 0.1) is 6.92 Å². The molecule has 0 saturated heterocycles. The molecular formula is C10H15BO4. The molecule has 82 valence electrons. The van der Waals surface area contributed by atoms with Gasteiger partial charge < -0.3 is 19.4 Å². The van der Waals surface area contributed by atoms with E-state index in [0.717, 1.165) is 5.56 Å². The van der Waals surface area contributed by atoms with E-state index in [4.69, 9.17) is 19.4 Å². The molecule has 0 unspecified atom stereocenters. The number of hydrogen-bond acceptors (Lipinski definition) is 4. The molecule has 0 atom stereocenters. The van der Waals surface area contributed by atoms with Gasteiger partial charge in [-0.15, -0.1) is 0 Å². The number of aryl methyl sites for hydroxylation is 1. The predicted octanol–water partition coefficient (Wildman–Crippen LogP) is 1.13. The molecule has 0 bridgehead atoms. The molecule has 1 aromatic rings. The molecule has 0 aliphatic carbocycles. The molecule has 0 aromatic heterocycles. The number of rotatable bonds is 4. The quantitative estimate of drug-likeness (QED) is 0.731. The molecule has 0 radical (unpaired) electrons. The van der Waals surface area contributed by atoms with Crippen LogP contribution in [0.1, 0.15) is 19.4 Å². The molecule has 0 saturated carbocycles. The molecule has 0 spiro atoms. The Labute approximate surface area is 89.6 Å². The van der Waals surface area contributed by atoms with Crippen molar-refractivity contribution >= 4 is 7.32 Å². The van der Waals surface area contributed by atoms with Crippen LogP contribution in [0.3, 0.4) is 0 Å². The zero-order valence-electron chi connectivity index (χ0n) is 9.10. The van der Waals surface area contributed by atoms with E-state index in [0.29, 0.717) is 11.5 Å². The lowest BCUT2D eigenvalue weighted by molar-refractivity contribution is 0.225. The van der Waals surface area contributed by atoms with Gasteiger partial charge >= 0.3 is 7.32 Å². The fourth-order valence-corrected chi connectivity index (χ4v) is 1.23. The van der Waals surface area contributed by atoms with Crippen molar-refractivity contribution in [3.05, 3.63) is 23.8 Å². The Bertz CT molecular complexity index is 325. The molecule has 5 heteroatoms. The summed E-state index contributed by atoms with van der Waals surface area (Å²) in [7, 11) is -1.83. The SMILES string of the molecule is Cc1cccc(OC(C)C)c1OB(O)O. The van der Waals surface area contributed by atoms with Gasteiger partial charge in [-0.25, -0.2) is 0 Å². The highest BCUT2D eigenvalue weighted by Crippen LogP contribution is 2.31. The van der Waals surface area contributed by atoms with Crippen LogP contribution < -0.4 is 9.39 Å². The highest BCUT2D eigenvalue weighted by Gasteiger charge is 2.17. The van der Waals surface area contributed by atoms with E-state index in [-0.39, 0.29) is 6.10 Å². The molecule has 2 N–H and O–H groups in total. The van der Waals surface area contributed by atoms with E-state index in [1.165, 1.54) is 0 Å². The minimum Gasteiger partial charge on any atom is -0.509 e. The third kappa shape index (κ3) is 3.45. The lowest BCUT2D eigenvalue weighted by atomic mass is 10.1. The summed E-state index contributed by atoms with van der Waals surface area (Å²) in [5.41, 5.74) is 0.793. The Morgan fingerprint density at radius 3 is 2.47 bits per heavy atom. The molecule has 0 fully saturated rings. The van der Waals surface area contributed by atoms with Crippen molar-refractivity contribution < 1.29 is 19.4 Å². The predicted molar refractivity (Wildman–Crippen MR) is 57.8 cm³/mol. The number of para-hydroxylation sites is 1. The molecule has 0 aliphatic heterocycles. The summed E-state index contributed by atoms with van der Waals surface area (Å²) in [6.45, 7) is 5.59. The first-order chi connectivity index (χ1) is 7.00. The van der Waals surface area contributed by atoms with E-state index in [9.17, 15) is 0 Å². The van der Waals surface area contributed by atoms with Crippen LogP contribution in [0.15, 0.2) is 18.2 Å². The van der Waals surface area contributed by atoms with E-state index < -0.39 is 7.32 Å². The summed E-state index contributed by atoms with van der Waals surface area (Å²) >= 11 is 0. The van der Waals surface area contributed by atoms with Gasteiger partial charge in [-0.3, -0.25) is 0 Å². The van der Waals surface area contributed by atoms with Crippen molar-refractivity contribution in [2.45, 2.75) is 26.9 Å². The fourth-order valence-electron chi connectivity index (χ4n) is 1.23. The lowest BCUT2D eigenvalue weighted by Crippen LogP contribution is -2.22. The zero-order valence-corrected chi connectivity index (χ0v) is 9.10. The molecule has 15 heavy (non-hydrogen) atoms. The first kappa shape index (κ1) is 11.9. The third-order valence-corrected chi connectivity index (χ3v) is 1.76. The minimum absolute atomic E-state index is 0.00462. The van der Waals surface area contributed by atoms with Crippen molar-refractivity contribution in [1.82, 2.24) is 0 Å². The summed E-state index contributed by atoms with van der Waals surface area (Å²) in [5.74, 6) is 0.874. The Hall–Kier alpha value is -1.20. The summed E-state index contributed by atoms with van der Waals surface area (Å²) in [6.07, 6.45) is 0.00462. The second kappa shape index (κ2) is 5.05. The maximum absolute atomic E-state index is 8.77. The van der Waals surface area contributed by atoms with Crippen molar-refractivity contribution in [3.63, 3.8) is 0 Å². The lowest BCUT2D eigenvalue weighted by Gasteiger charge is -2.16. The third-order valence-electron chi connectivity index (χ3n) is 1.76. The number of hydrogen-bond donors (Lipinski definition) is 2. The summed E-state index contributed by atoms with van der Waals surface area (Å²) in [4.78, 5) is 0. The van der Waals surface area contributed by atoms with Crippen LogP contribution in [0.25, 0.3) is 0 Å². The topological polar surface area (TPSA) is 58.9 Å². The summed E-state index contributed by atoms with van der Waals surface area (Å²) in [5, 5.41) is 17.5. The van der Waals surface area contributed by atoms with Crippen LogP contribution in [0.5, 0.6) is 11.5 Å². The molecule has 4 nitrogen and oxygen atoms in total. The maximum atomic E-state index is 8.77. The Morgan fingerprint density at radius 2 is 1.93 bits per heavy atom. The van der Waals surface area contributed by atoms with Crippen molar-refractivity contribution in [3.8, 4) is 11.5 Å². The van der Waals surface area contributed by atoms with Gasteiger partial charge in [0.25, 0.3) is 0 Å². The van der Waals surface area contributed by atoms with E-state index in [2.05, 4.69) is 0 Å².